The summed E-state index contributed by atoms with van der Waals surface area (Å²) in [6.07, 6.45) is -4.82. The van der Waals surface area contributed by atoms with Gasteiger partial charge in [0.25, 0.3) is 0 Å². The maximum absolute atomic E-state index is 12.3. The third-order valence-electron chi connectivity index (χ3n) is 2.55. The summed E-state index contributed by atoms with van der Waals surface area (Å²) in [5, 5.41) is -0.0354. The molecule has 0 fully saturated rings. The third-order valence-corrected chi connectivity index (χ3v) is 2.86. The Bertz CT molecular complexity index is 658. The highest BCUT2D eigenvalue weighted by atomic mass is 35.5. The summed E-state index contributed by atoms with van der Waals surface area (Å²) in [5.74, 6) is -0.687. The number of ether oxygens (including phenoxy) is 2. The molecule has 0 unspecified atom stereocenters. The summed E-state index contributed by atoms with van der Waals surface area (Å²) in [6.45, 7) is -3.06. The van der Waals surface area contributed by atoms with Gasteiger partial charge in [-0.1, -0.05) is 29.8 Å². The first-order valence-electron chi connectivity index (χ1n) is 5.85. The zero-order chi connectivity index (χ0) is 16.3. The summed E-state index contributed by atoms with van der Waals surface area (Å²) in [6, 6.07) is 9.09. The molecule has 0 aromatic heterocycles. The molecule has 0 heterocycles. The van der Waals surface area contributed by atoms with Crippen LogP contribution in [-0.2, 0) is 0 Å². The van der Waals surface area contributed by atoms with Gasteiger partial charge in [-0.3, -0.25) is 0 Å². The summed E-state index contributed by atoms with van der Waals surface area (Å²) in [4.78, 5) is 0. The van der Waals surface area contributed by atoms with Crippen LogP contribution >= 0.6 is 11.6 Å². The van der Waals surface area contributed by atoms with Crippen molar-refractivity contribution in [1.29, 1.82) is 0 Å². The van der Waals surface area contributed by atoms with Crippen LogP contribution in [0.25, 0.3) is 11.1 Å². The molecule has 0 N–H and O–H groups in total. The van der Waals surface area contributed by atoms with Crippen molar-refractivity contribution in [3.8, 4) is 22.6 Å². The zero-order valence-corrected chi connectivity index (χ0v) is 11.5. The first kappa shape index (κ1) is 16.4. The minimum atomic E-state index is -4.82. The molecule has 0 amide bonds. The standard InChI is InChI=1S/C14H8ClF5O2/c15-11-5-4-9(7-12(11)21-13(16)17)8-2-1-3-10(6-8)22-14(18,19)20/h1-7,13H. The maximum atomic E-state index is 12.3. The molecule has 0 radical (unpaired) electrons. The molecule has 22 heavy (non-hydrogen) atoms. The van der Waals surface area contributed by atoms with E-state index in [2.05, 4.69) is 9.47 Å². The van der Waals surface area contributed by atoms with Crippen LogP contribution in [-0.4, -0.2) is 13.0 Å². The van der Waals surface area contributed by atoms with Crippen molar-refractivity contribution in [2.24, 2.45) is 0 Å². The Morgan fingerprint density at radius 3 is 2.27 bits per heavy atom. The lowest BCUT2D eigenvalue weighted by Crippen LogP contribution is -2.17. The predicted octanol–water partition coefficient (Wildman–Crippen LogP) is 5.51. The van der Waals surface area contributed by atoms with Crippen molar-refractivity contribution in [2.45, 2.75) is 13.0 Å². The molecule has 0 aliphatic rings. The summed E-state index contributed by atoms with van der Waals surface area (Å²) in [7, 11) is 0. The lowest BCUT2D eigenvalue weighted by molar-refractivity contribution is -0.274. The molecule has 2 rings (SSSR count). The molecule has 0 saturated heterocycles. The van der Waals surface area contributed by atoms with Gasteiger partial charge in [0, 0.05) is 0 Å². The van der Waals surface area contributed by atoms with Crippen LogP contribution < -0.4 is 9.47 Å². The van der Waals surface area contributed by atoms with Gasteiger partial charge >= 0.3 is 13.0 Å². The maximum Gasteiger partial charge on any atom is 0.573 e. The Labute approximate surface area is 127 Å². The first-order chi connectivity index (χ1) is 10.2. The smallest absolute Gasteiger partial charge is 0.433 e. The van der Waals surface area contributed by atoms with E-state index >= 15 is 0 Å². The largest absolute Gasteiger partial charge is 0.573 e. The van der Waals surface area contributed by atoms with Gasteiger partial charge in [-0.15, -0.1) is 13.2 Å². The van der Waals surface area contributed by atoms with E-state index in [1.165, 1.54) is 30.3 Å². The van der Waals surface area contributed by atoms with E-state index in [1.807, 2.05) is 0 Å². The second-order valence-electron chi connectivity index (χ2n) is 4.10. The lowest BCUT2D eigenvalue weighted by atomic mass is 10.1. The molecule has 2 aromatic rings. The van der Waals surface area contributed by atoms with Crippen molar-refractivity contribution in [1.82, 2.24) is 0 Å². The number of halogens is 6. The average Bonchev–Trinajstić information content (AvgIpc) is 2.39. The molecule has 0 bridgehead atoms. The number of hydrogen-bond donors (Lipinski definition) is 0. The fraction of sp³-hybridized carbons (Fsp3) is 0.143. The fourth-order valence-electron chi connectivity index (χ4n) is 1.74. The highest BCUT2D eigenvalue weighted by Crippen LogP contribution is 2.33. The van der Waals surface area contributed by atoms with E-state index in [0.717, 1.165) is 12.1 Å². The topological polar surface area (TPSA) is 18.5 Å². The minimum Gasteiger partial charge on any atom is -0.433 e. The molecule has 0 saturated carbocycles. The van der Waals surface area contributed by atoms with Gasteiger partial charge in [-0.2, -0.15) is 8.78 Å². The van der Waals surface area contributed by atoms with Crippen molar-refractivity contribution >= 4 is 11.6 Å². The van der Waals surface area contributed by atoms with Gasteiger partial charge in [0.2, 0.25) is 0 Å². The summed E-state index contributed by atoms with van der Waals surface area (Å²) < 4.78 is 69.1. The van der Waals surface area contributed by atoms with E-state index in [-0.39, 0.29) is 10.8 Å². The van der Waals surface area contributed by atoms with E-state index in [1.54, 1.807) is 0 Å². The zero-order valence-electron chi connectivity index (χ0n) is 10.7. The number of hydrogen-bond acceptors (Lipinski definition) is 2. The van der Waals surface area contributed by atoms with E-state index < -0.39 is 18.7 Å². The normalized spacial score (nSPS) is 11.6. The minimum absolute atomic E-state index is 0.0354. The van der Waals surface area contributed by atoms with Gasteiger partial charge in [-0.05, 0) is 35.4 Å². The Morgan fingerprint density at radius 2 is 1.64 bits per heavy atom. The van der Waals surface area contributed by atoms with Gasteiger partial charge < -0.3 is 9.47 Å². The molecule has 0 aliphatic carbocycles. The SMILES string of the molecule is FC(F)Oc1cc(-c2cccc(OC(F)(F)F)c2)ccc1Cl. The molecule has 0 atom stereocenters. The first-order valence-corrected chi connectivity index (χ1v) is 6.23. The monoisotopic (exact) mass is 338 g/mol. The van der Waals surface area contributed by atoms with Gasteiger partial charge in [0.15, 0.2) is 0 Å². The Morgan fingerprint density at radius 1 is 0.955 bits per heavy atom. The molecule has 2 aromatic carbocycles. The molecular weight excluding hydrogens is 331 g/mol. The van der Waals surface area contributed by atoms with Crippen LogP contribution in [0.4, 0.5) is 22.0 Å². The Balaban J connectivity index is 2.33. The van der Waals surface area contributed by atoms with Gasteiger partial charge in [0.05, 0.1) is 5.02 Å². The van der Waals surface area contributed by atoms with E-state index in [0.29, 0.717) is 11.1 Å². The summed E-state index contributed by atoms with van der Waals surface area (Å²) in [5.41, 5.74) is 0.685. The molecular formula is C14H8ClF5O2. The highest BCUT2D eigenvalue weighted by Gasteiger charge is 2.31. The molecule has 0 aliphatic heterocycles. The fourth-order valence-corrected chi connectivity index (χ4v) is 1.90. The Hall–Kier alpha value is -2.02. The molecule has 8 heteroatoms. The number of benzene rings is 2. The quantitative estimate of drug-likeness (QED) is 0.685. The summed E-state index contributed by atoms with van der Waals surface area (Å²) >= 11 is 5.71. The van der Waals surface area contributed by atoms with Crippen LogP contribution in [0.3, 0.4) is 0 Å². The number of alkyl halides is 5. The van der Waals surface area contributed by atoms with Crippen molar-refractivity contribution in [3.05, 3.63) is 47.5 Å². The molecule has 0 spiro atoms. The van der Waals surface area contributed by atoms with Gasteiger partial charge in [0.1, 0.15) is 11.5 Å². The van der Waals surface area contributed by atoms with Crippen LogP contribution in [0.2, 0.25) is 5.02 Å². The van der Waals surface area contributed by atoms with Crippen LogP contribution in [0.1, 0.15) is 0 Å². The third kappa shape index (κ3) is 4.49. The second-order valence-corrected chi connectivity index (χ2v) is 4.51. The van der Waals surface area contributed by atoms with Crippen molar-refractivity contribution in [3.63, 3.8) is 0 Å². The van der Waals surface area contributed by atoms with Crippen molar-refractivity contribution < 1.29 is 31.4 Å². The molecule has 118 valence electrons. The highest BCUT2D eigenvalue weighted by molar-refractivity contribution is 6.32. The second kappa shape index (κ2) is 6.39. The van der Waals surface area contributed by atoms with Crippen molar-refractivity contribution in [2.75, 3.05) is 0 Å². The lowest BCUT2D eigenvalue weighted by Gasteiger charge is -2.11. The Kier molecular flexibility index (Phi) is 4.75. The van der Waals surface area contributed by atoms with E-state index in [9.17, 15) is 22.0 Å². The van der Waals surface area contributed by atoms with Crippen LogP contribution in [0, 0.1) is 0 Å². The average molecular weight is 339 g/mol. The molecule has 2 nitrogen and oxygen atoms in total. The predicted molar refractivity (Wildman–Crippen MR) is 70.2 cm³/mol. The van der Waals surface area contributed by atoms with Gasteiger partial charge in [-0.25, -0.2) is 0 Å². The van der Waals surface area contributed by atoms with Crippen LogP contribution in [0.15, 0.2) is 42.5 Å². The van der Waals surface area contributed by atoms with Crippen LogP contribution in [0.5, 0.6) is 11.5 Å². The van der Waals surface area contributed by atoms with E-state index in [4.69, 9.17) is 11.6 Å². The number of rotatable bonds is 4.